The van der Waals surface area contributed by atoms with Crippen LogP contribution in [0.15, 0.2) is 0 Å². The van der Waals surface area contributed by atoms with E-state index < -0.39 is 0 Å². The smallest absolute Gasteiger partial charge is 1.00 e. The minimum atomic E-state index is 0. The van der Waals surface area contributed by atoms with Crippen molar-refractivity contribution in [1.82, 2.24) is 0 Å². The second-order valence-corrected chi connectivity index (χ2v) is 1.72. The van der Waals surface area contributed by atoms with Crippen molar-refractivity contribution in [3.63, 3.8) is 0 Å². The molecule has 0 heterocycles. The quantitative estimate of drug-likeness (QED) is 0.389. The molecule has 0 fully saturated rings. The van der Waals surface area contributed by atoms with Gasteiger partial charge in [-0.1, -0.05) is 0 Å². The van der Waals surface area contributed by atoms with Gasteiger partial charge in [0.1, 0.15) is 0 Å². The second kappa shape index (κ2) is 9.27. The Bertz CT molecular complexity index is 19.2. The molecule has 0 rings (SSSR count). The molecule has 0 aliphatic carbocycles. The van der Waals surface area contributed by atoms with Crippen LogP contribution in [0.4, 0.5) is 0 Å². The Balaban J connectivity index is -0.0000000800. The van der Waals surface area contributed by atoms with Gasteiger partial charge in [-0.2, -0.15) is 0 Å². The summed E-state index contributed by atoms with van der Waals surface area (Å²) in [7, 11) is 0. The molecule has 0 bridgehead atoms. The fourth-order valence-corrected chi connectivity index (χ4v) is 0.612. The molecule has 0 saturated heterocycles. The zero-order chi connectivity index (χ0) is 4.12. The average molecular weight is 121 g/mol. The molecule has 0 N–H and O–H groups in total. The van der Waals surface area contributed by atoms with Crippen LogP contribution in [0.5, 0.6) is 0 Å². The molecule has 0 aliphatic heterocycles. The summed E-state index contributed by atoms with van der Waals surface area (Å²) in [6.07, 6.45) is 2.67. The zero-order valence-corrected chi connectivity index (χ0v) is 5.99. The van der Waals surface area contributed by atoms with Gasteiger partial charge in [-0.05, 0) is 0 Å². The summed E-state index contributed by atoms with van der Waals surface area (Å²) >= 11 is 2.70. The molecule has 0 radical (unpaired) electrons. The van der Waals surface area contributed by atoms with Crippen molar-refractivity contribution in [3.05, 3.63) is 0 Å². The maximum absolute atomic E-state index is 2.70. The maximum Gasteiger partial charge on any atom is -1.00 e. The van der Waals surface area contributed by atoms with E-state index in [4.69, 9.17) is 0 Å². The fraction of sp³-hybridized carbons (Fsp3) is 1.00. The van der Waals surface area contributed by atoms with Gasteiger partial charge in [0.25, 0.3) is 0 Å². The van der Waals surface area contributed by atoms with E-state index >= 15 is 0 Å². The minimum Gasteiger partial charge on any atom is -1.00 e. The summed E-state index contributed by atoms with van der Waals surface area (Å²) in [4.78, 5) is 0. The third-order valence-corrected chi connectivity index (χ3v) is 0.966. The van der Waals surface area contributed by atoms with Crippen molar-refractivity contribution >= 4 is 16.3 Å². The van der Waals surface area contributed by atoms with E-state index in [2.05, 4.69) is 23.2 Å². The standard InChI is InChI=1S/C4H9.Al.ClH.H/c1-3-4-2;;;/h1,3-4H2,2H3;;1H;/q;+2;;-1/p-1. The zero-order valence-electron chi connectivity index (χ0n) is 5.08. The monoisotopic (exact) mass is 120 g/mol. The molecule has 0 aliphatic rings. The molecule has 0 atom stereocenters. The fourth-order valence-electron chi connectivity index (χ4n) is 0.204. The van der Waals surface area contributed by atoms with E-state index in [1.807, 2.05) is 0 Å². The summed E-state index contributed by atoms with van der Waals surface area (Å²) < 4.78 is 0. The van der Waals surface area contributed by atoms with Gasteiger partial charge >= 0.3 is 41.3 Å². The Hall–Kier alpha value is 0.822. The molecule has 0 spiro atoms. The van der Waals surface area contributed by atoms with Gasteiger partial charge in [-0.15, -0.1) is 0 Å². The SMILES string of the molecule is CCC[CH2][Al+2].[Cl-].[H-]. The molecule has 0 amide bonds. The molecule has 0 unspecified atom stereocenters. The van der Waals surface area contributed by atoms with E-state index in [0.717, 1.165) is 0 Å². The van der Waals surface area contributed by atoms with Crippen LogP contribution in [0.1, 0.15) is 21.2 Å². The molecule has 0 aromatic carbocycles. The van der Waals surface area contributed by atoms with E-state index in [0.29, 0.717) is 0 Å². The minimum absolute atomic E-state index is 0. The third kappa shape index (κ3) is 8.85. The predicted octanol–water partition coefficient (Wildman–Crippen LogP) is -1.51. The van der Waals surface area contributed by atoms with Crippen LogP contribution in [0.3, 0.4) is 0 Å². The van der Waals surface area contributed by atoms with Crippen molar-refractivity contribution in [1.29, 1.82) is 0 Å². The van der Waals surface area contributed by atoms with Crippen LogP contribution in [-0.4, -0.2) is 16.3 Å². The van der Waals surface area contributed by atoms with E-state index in [1.54, 1.807) is 0 Å². The van der Waals surface area contributed by atoms with Gasteiger partial charge < -0.3 is 13.8 Å². The van der Waals surface area contributed by atoms with Crippen LogP contribution in [0, 0.1) is 0 Å². The van der Waals surface area contributed by atoms with Crippen molar-refractivity contribution in [3.8, 4) is 0 Å². The van der Waals surface area contributed by atoms with Crippen molar-refractivity contribution in [2.24, 2.45) is 0 Å². The molecular weight excluding hydrogens is 110 g/mol. The van der Waals surface area contributed by atoms with Gasteiger partial charge in [-0.3, -0.25) is 0 Å². The van der Waals surface area contributed by atoms with E-state index in [1.165, 1.54) is 18.1 Å². The molecule has 6 heavy (non-hydrogen) atoms. The summed E-state index contributed by atoms with van der Waals surface area (Å²) in [5.74, 6) is 0. The number of halogens is 1. The van der Waals surface area contributed by atoms with Gasteiger partial charge in [-0.25, -0.2) is 0 Å². The van der Waals surface area contributed by atoms with E-state index in [9.17, 15) is 0 Å². The van der Waals surface area contributed by atoms with E-state index in [-0.39, 0.29) is 13.8 Å². The first kappa shape index (κ1) is 9.95. The molecule has 36 valence electrons. The van der Waals surface area contributed by atoms with Crippen LogP contribution in [-0.2, 0) is 0 Å². The molecule has 0 saturated carbocycles. The van der Waals surface area contributed by atoms with Crippen molar-refractivity contribution in [2.45, 2.75) is 25.0 Å². The molecular formula is C4H10AlCl. The largest absolute Gasteiger partial charge is 1.00 e. The Labute approximate surface area is 55.6 Å². The van der Waals surface area contributed by atoms with Gasteiger partial charge in [0.05, 0.1) is 0 Å². The van der Waals surface area contributed by atoms with Gasteiger partial charge in [0.2, 0.25) is 0 Å². The number of hydrogen-bond donors (Lipinski definition) is 0. The summed E-state index contributed by atoms with van der Waals surface area (Å²) in [5, 5.41) is 1.26. The Morgan fingerprint density at radius 3 is 2.17 bits per heavy atom. The average Bonchev–Trinajstić information content (AvgIpc) is 1.41. The molecule has 0 aromatic heterocycles. The van der Waals surface area contributed by atoms with Gasteiger partial charge in [0, 0.05) is 0 Å². The first-order valence-electron chi connectivity index (χ1n) is 2.12. The van der Waals surface area contributed by atoms with Crippen LogP contribution in [0.2, 0.25) is 5.28 Å². The van der Waals surface area contributed by atoms with Crippen LogP contribution in [0.25, 0.3) is 0 Å². The Morgan fingerprint density at radius 1 is 1.67 bits per heavy atom. The van der Waals surface area contributed by atoms with Crippen molar-refractivity contribution < 1.29 is 13.8 Å². The third-order valence-electron chi connectivity index (χ3n) is 0.558. The molecule has 2 heteroatoms. The Kier molecular flexibility index (Phi) is 15.4. The molecule has 0 nitrogen and oxygen atoms in total. The first-order chi connectivity index (χ1) is 2.41. The van der Waals surface area contributed by atoms with Crippen molar-refractivity contribution in [2.75, 3.05) is 0 Å². The number of unbranched alkanes of at least 4 members (excludes halogenated alkanes) is 1. The maximum atomic E-state index is 2.70. The van der Waals surface area contributed by atoms with Gasteiger partial charge in [0.15, 0.2) is 0 Å². The predicted molar refractivity (Wildman–Crippen MR) is 26.6 cm³/mol. The summed E-state index contributed by atoms with van der Waals surface area (Å²) in [6.45, 7) is 2.20. The number of hydrogen-bond acceptors (Lipinski definition) is 0. The van der Waals surface area contributed by atoms with Crippen LogP contribution < -0.4 is 12.4 Å². The number of rotatable bonds is 2. The molecule has 0 aromatic rings. The topological polar surface area (TPSA) is 0 Å². The van der Waals surface area contributed by atoms with Crippen LogP contribution >= 0.6 is 0 Å². The summed E-state index contributed by atoms with van der Waals surface area (Å²) in [5.41, 5.74) is 0. The first-order valence-corrected chi connectivity index (χ1v) is 2.93. The normalized spacial score (nSPS) is 7.17. The second-order valence-electron chi connectivity index (χ2n) is 1.14. The Morgan fingerprint density at radius 2 is 2.17 bits per heavy atom. The summed E-state index contributed by atoms with van der Waals surface area (Å²) in [6, 6.07) is 0.